The zero-order chi connectivity index (χ0) is 11.1. The molecule has 1 atom stereocenters. The number of rotatable bonds is 6. The van der Waals surface area contributed by atoms with Gasteiger partial charge in [-0.2, -0.15) is 4.98 Å². The Labute approximate surface area is 90.3 Å². The first-order valence-corrected chi connectivity index (χ1v) is 5.02. The highest BCUT2D eigenvalue weighted by atomic mass is 16.5. The van der Waals surface area contributed by atoms with Crippen LogP contribution in [0.5, 0.6) is 0 Å². The molecule has 0 aliphatic rings. The Balaban J connectivity index is 2.48. The predicted molar refractivity (Wildman–Crippen MR) is 61.2 cm³/mol. The van der Waals surface area contributed by atoms with E-state index in [2.05, 4.69) is 27.5 Å². The van der Waals surface area contributed by atoms with E-state index in [1.807, 2.05) is 6.07 Å². The molecule has 1 unspecified atom stereocenters. The van der Waals surface area contributed by atoms with Crippen molar-refractivity contribution in [3.8, 4) is 0 Å². The van der Waals surface area contributed by atoms with Crippen LogP contribution in [0.3, 0.4) is 0 Å². The van der Waals surface area contributed by atoms with Crippen molar-refractivity contribution >= 4 is 11.8 Å². The van der Waals surface area contributed by atoms with Crippen LogP contribution in [-0.2, 0) is 4.74 Å². The number of nitrogens with one attached hydrogen (secondary N) is 2. The predicted octanol–water partition coefficient (Wildman–Crippen LogP) is 1.36. The van der Waals surface area contributed by atoms with E-state index in [1.165, 1.54) is 0 Å². The lowest BCUT2D eigenvalue weighted by Gasteiger charge is -2.13. The molecule has 1 rings (SSSR count). The SMILES string of the molecule is CNc1nccc(NC(C)CCOC)n1. The molecule has 0 saturated heterocycles. The minimum Gasteiger partial charge on any atom is -0.385 e. The van der Waals surface area contributed by atoms with E-state index in [4.69, 9.17) is 4.74 Å². The highest BCUT2D eigenvalue weighted by molar-refractivity contribution is 5.39. The second-order valence-corrected chi connectivity index (χ2v) is 3.34. The van der Waals surface area contributed by atoms with Gasteiger partial charge in [0, 0.05) is 33.0 Å². The third kappa shape index (κ3) is 4.12. The summed E-state index contributed by atoms with van der Waals surface area (Å²) in [6.07, 6.45) is 2.68. The molecule has 0 aromatic carbocycles. The van der Waals surface area contributed by atoms with Gasteiger partial charge in [0.2, 0.25) is 5.95 Å². The summed E-state index contributed by atoms with van der Waals surface area (Å²) in [4.78, 5) is 8.31. The Hall–Kier alpha value is -1.36. The van der Waals surface area contributed by atoms with Gasteiger partial charge >= 0.3 is 0 Å². The Morgan fingerprint density at radius 3 is 3.00 bits per heavy atom. The minimum atomic E-state index is 0.338. The van der Waals surface area contributed by atoms with Crippen LogP contribution in [0.25, 0.3) is 0 Å². The van der Waals surface area contributed by atoms with Crippen molar-refractivity contribution < 1.29 is 4.74 Å². The molecule has 0 saturated carbocycles. The second kappa shape index (κ2) is 6.19. The van der Waals surface area contributed by atoms with Crippen molar-refractivity contribution in [1.82, 2.24) is 9.97 Å². The third-order valence-electron chi connectivity index (χ3n) is 2.03. The number of methoxy groups -OCH3 is 1. The summed E-state index contributed by atoms with van der Waals surface area (Å²) in [6, 6.07) is 2.19. The van der Waals surface area contributed by atoms with Gasteiger partial charge in [0.15, 0.2) is 0 Å². The lowest BCUT2D eigenvalue weighted by atomic mass is 10.2. The zero-order valence-electron chi connectivity index (χ0n) is 9.45. The topological polar surface area (TPSA) is 59.1 Å². The number of aromatic nitrogens is 2. The number of hydrogen-bond acceptors (Lipinski definition) is 5. The van der Waals surface area contributed by atoms with Crippen LogP contribution in [0.2, 0.25) is 0 Å². The fourth-order valence-corrected chi connectivity index (χ4v) is 1.18. The van der Waals surface area contributed by atoms with E-state index >= 15 is 0 Å². The molecular formula is C10H18N4O. The third-order valence-corrected chi connectivity index (χ3v) is 2.03. The molecule has 1 aromatic heterocycles. The van der Waals surface area contributed by atoms with Crippen LogP contribution in [-0.4, -0.2) is 36.8 Å². The molecule has 0 spiro atoms. The number of ether oxygens (including phenoxy) is 1. The van der Waals surface area contributed by atoms with Crippen molar-refractivity contribution in [2.45, 2.75) is 19.4 Å². The number of anilines is 2. The summed E-state index contributed by atoms with van der Waals surface area (Å²) < 4.78 is 5.01. The van der Waals surface area contributed by atoms with Crippen molar-refractivity contribution in [1.29, 1.82) is 0 Å². The first-order valence-electron chi connectivity index (χ1n) is 5.02. The quantitative estimate of drug-likeness (QED) is 0.742. The summed E-state index contributed by atoms with van der Waals surface area (Å²) in [6.45, 7) is 2.85. The molecule has 1 heterocycles. The average molecular weight is 210 g/mol. The maximum atomic E-state index is 5.01. The highest BCUT2D eigenvalue weighted by Crippen LogP contribution is 2.07. The van der Waals surface area contributed by atoms with Gasteiger partial charge in [0.05, 0.1) is 0 Å². The van der Waals surface area contributed by atoms with Gasteiger partial charge in [-0.3, -0.25) is 0 Å². The Morgan fingerprint density at radius 2 is 2.33 bits per heavy atom. The van der Waals surface area contributed by atoms with E-state index in [9.17, 15) is 0 Å². The number of nitrogens with zero attached hydrogens (tertiary/aromatic N) is 2. The standard InChI is InChI=1S/C10H18N4O/c1-8(5-7-15-3)13-9-4-6-12-10(11-2)14-9/h4,6,8H,5,7H2,1-3H3,(H2,11,12,13,14). The van der Waals surface area contributed by atoms with E-state index in [0.717, 1.165) is 18.8 Å². The van der Waals surface area contributed by atoms with Crippen LogP contribution < -0.4 is 10.6 Å². The molecule has 0 aliphatic carbocycles. The molecule has 2 N–H and O–H groups in total. The molecule has 0 aliphatic heterocycles. The Kier molecular flexibility index (Phi) is 4.83. The van der Waals surface area contributed by atoms with E-state index in [1.54, 1.807) is 20.4 Å². The van der Waals surface area contributed by atoms with E-state index in [-0.39, 0.29) is 0 Å². The fourth-order valence-electron chi connectivity index (χ4n) is 1.18. The van der Waals surface area contributed by atoms with Gasteiger partial charge < -0.3 is 15.4 Å². The van der Waals surface area contributed by atoms with Gasteiger partial charge in [-0.25, -0.2) is 4.98 Å². The molecule has 1 aromatic rings. The number of hydrogen-bond donors (Lipinski definition) is 2. The normalized spacial score (nSPS) is 12.2. The second-order valence-electron chi connectivity index (χ2n) is 3.34. The summed E-state index contributed by atoms with van der Waals surface area (Å²) >= 11 is 0. The smallest absolute Gasteiger partial charge is 0.224 e. The summed E-state index contributed by atoms with van der Waals surface area (Å²) in [5.74, 6) is 1.46. The fraction of sp³-hybridized carbons (Fsp3) is 0.600. The molecule has 0 bridgehead atoms. The Morgan fingerprint density at radius 1 is 1.53 bits per heavy atom. The molecule has 0 radical (unpaired) electrons. The molecule has 5 heteroatoms. The summed E-state index contributed by atoms with van der Waals surface area (Å²) in [5.41, 5.74) is 0. The highest BCUT2D eigenvalue weighted by Gasteiger charge is 2.03. The van der Waals surface area contributed by atoms with Crippen LogP contribution in [0.15, 0.2) is 12.3 Å². The van der Waals surface area contributed by atoms with Gasteiger partial charge in [-0.1, -0.05) is 0 Å². The summed E-state index contributed by atoms with van der Waals surface area (Å²) in [7, 11) is 3.50. The van der Waals surface area contributed by atoms with Crippen LogP contribution in [0, 0.1) is 0 Å². The average Bonchev–Trinajstić information content (AvgIpc) is 2.26. The lowest BCUT2D eigenvalue weighted by Crippen LogP contribution is -2.18. The van der Waals surface area contributed by atoms with Crippen LogP contribution >= 0.6 is 0 Å². The van der Waals surface area contributed by atoms with Crippen LogP contribution in [0.4, 0.5) is 11.8 Å². The van der Waals surface area contributed by atoms with Gasteiger partial charge in [-0.05, 0) is 19.4 Å². The summed E-state index contributed by atoms with van der Waals surface area (Å²) in [5, 5.41) is 6.18. The van der Waals surface area contributed by atoms with E-state index in [0.29, 0.717) is 12.0 Å². The minimum absolute atomic E-state index is 0.338. The van der Waals surface area contributed by atoms with Gasteiger partial charge in [0.1, 0.15) is 5.82 Å². The first-order chi connectivity index (χ1) is 7.26. The molecule has 84 valence electrons. The maximum Gasteiger partial charge on any atom is 0.224 e. The molecule has 5 nitrogen and oxygen atoms in total. The van der Waals surface area contributed by atoms with Crippen molar-refractivity contribution in [3.05, 3.63) is 12.3 Å². The largest absolute Gasteiger partial charge is 0.385 e. The molecule has 15 heavy (non-hydrogen) atoms. The monoisotopic (exact) mass is 210 g/mol. The Bertz CT molecular complexity index is 293. The van der Waals surface area contributed by atoms with Crippen molar-refractivity contribution in [3.63, 3.8) is 0 Å². The van der Waals surface area contributed by atoms with Crippen molar-refractivity contribution in [2.24, 2.45) is 0 Å². The maximum absolute atomic E-state index is 5.01. The molecular weight excluding hydrogens is 192 g/mol. The van der Waals surface area contributed by atoms with Crippen molar-refractivity contribution in [2.75, 3.05) is 31.4 Å². The lowest BCUT2D eigenvalue weighted by molar-refractivity contribution is 0.191. The van der Waals surface area contributed by atoms with Gasteiger partial charge in [0.25, 0.3) is 0 Å². The first kappa shape index (κ1) is 11.7. The molecule has 0 fully saturated rings. The van der Waals surface area contributed by atoms with E-state index < -0.39 is 0 Å². The van der Waals surface area contributed by atoms with Crippen LogP contribution in [0.1, 0.15) is 13.3 Å². The molecule has 0 amide bonds. The zero-order valence-corrected chi connectivity index (χ0v) is 9.45. The van der Waals surface area contributed by atoms with Gasteiger partial charge in [-0.15, -0.1) is 0 Å².